The van der Waals surface area contributed by atoms with Crippen LogP contribution in [0, 0.1) is 5.92 Å². The third-order valence-corrected chi connectivity index (χ3v) is 4.35. The molecule has 6 heteroatoms. The van der Waals surface area contributed by atoms with Crippen molar-refractivity contribution < 1.29 is 9.59 Å². The van der Waals surface area contributed by atoms with Crippen LogP contribution in [-0.2, 0) is 4.79 Å². The lowest BCUT2D eigenvalue weighted by Crippen LogP contribution is -2.51. The first kappa shape index (κ1) is 19.5. The summed E-state index contributed by atoms with van der Waals surface area (Å²) in [6, 6.07) is 7.01. The molecule has 2 unspecified atom stereocenters. The number of carbonyl (C=O) groups excluding carboxylic acids is 2. The molecule has 1 aromatic carbocycles. The lowest BCUT2D eigenvalue weighted by atomic mass is 9.74. The fourth-order valence-corrected chi connectivity index (χ4v) is 3.01. The Kier molecular flexibility index (Phi) is 6.59. The maximum atomic E-state index is 12.5. The van der Waals surface area contributed by atoms with Crippen LogP contribution in [0.2, 0.25) is 0 Å². The molecule has 1 fully saturated rings. The van der Waals surface area contributed by atoms with Gasteiger partial charge in [0.15, 0.2) is 0 Å². The summed E-state index contributed by atoms with van der Waals surface area (Å²) in [5.74, 6) is -0.328. The van der Waals surface area contributed by atoms with Gasteiger partial charge in [-0.1, -0.05) is 18.9 Å². The summed E-state index contributed by atoms with van der Waals surface area (Å²) in [5, 5.41) is 2.91. The summed E-state index contributed by atoms with van der Waals surface area (Å²) in [7, 11) is 3.41. The molecule has 0 radical (unpaired) electrons. The third-order valence-electron chi connectivity index (χ3n) is 4.35. The zero-order valence-corrected chi connectivity index (χ0v) is 14.8. The van der Waals surface area contributed by atoms with Crippen LogP contribution < -0.4 is 11.1 Å². The van der Waals surface area contributed by atoms with E-state index < -0.39 is 5.54 Å². The third kappa shape index (κ3) is 4.69. The number of rotatable bonds is 3. The van der Waals surface area contributed by atoms with Gasteiger partial charge in [0.25, 0.3) is 5.91 Å². The number of hydrogen-bond acceptors (Lipinski definition) is 3. The van der Waals surface area contributed by atoms with Crippen molar-refractivity contribution in [1.82, 2.24) is 4.90 Å². The van der Waals surface area contributed by atoms with Crippen molar-refractivity contribution in [3.05, 3.63) is 29.8 Å². The van der Waals surface area contributed by atoms with Gasteiger partial charge in [-0.15, -0.1) is 12.4 Å². The van der Waals surface area contributed by atoms with E-state index in [4.69, 9.17) is 5.73 Å². The number of nitrogens with zero attached hydrogens (tertiary/aromatic N) is 1. The molecule has 0 bridgehead atoms. The van der Waals surface area contributed by atoms with Crippen molar-refractivity contribution in [2.75, 3.05) is 19.4 Å². The number of hydrogen-bond donors (Lipinski definition) is 2. The van der Waals surface area contributed by atoms with Gasteiger partial charge in [-0.3, -0.25) is 9.59 Å². The van der Waals surface area contributed by atoms with Crippen molar-refractivity contribution >= 4 is 29.9 Å². The van der Waals surface area contributed by atoms with Crippen LogP contribution in [0.4, 0.5) is 5.69 Å². The van der Waals surface area contributed by atoms with Crippen molar-refractivity contribution in [1.29, 1.82) is 0 Å². The van der Waals surface area contributed by atoms with Gasteiger partial charge < -0.3 is 16.0 Å². The molecule has 23 heavy (non-hydrogen) atoms. The Labute approximate surface area is 144 Å². The molecular weight excluding hydrogens is 314 g/mol. The number of nitrogens with one attached hydrogen (secondary N) is 1. The molecule has 1 aliphatic carbocycles. The number of carbonyl (C=O) groups is 2. The molecule has 2 atom stereocenters. The Hall–Kier alpha value is -1.59. The van der Waals surface area contributed by atoms with E-state index in [2.05, 4.69) is 5.32 Å². The van der Waals surface area contributed by atoms with Crippen LogP contribution in [0.3, 0.4) is 0 Å². The first-order chi connectivity index (χ1) is 10.3. The van der Waals surface area contributed by atoms with E-state index in [9.17, 15) is 9.59 Å². The van der Waals surface area contributed by atoms with Gasteiger partial charge in [-0.05, 0) is 38.0 Å². The predicted octanol–water partition coefficient (Wildman–Crippen LogP) is 2.66. The minimum absolute atomic E-state index is 0. The number of anilines is 1. The fourth-order valence-electron chi connectivity index (χ4n) is 3.01. The van der Waals surface area contributed by atoms with Crippen LogP contribution in [-0.4, -0.2) is 36.3 Å². The maximum absolute atomic E-state index is 12.5. The minimum atomic E-state index is -0.459. The second-order valence-electron chi connectivity index (χ2n) is 6.57. The monoisotopic (exact) mass is 339 g/mol. The summed E-state index contributed by atoms with van der Waals surface area (Å²) in [6.45, 7) is 1.95. The fraction of sp³-hybridized carbons (Fsp3) is 0.529. The highest BCUT2D eigenvalue weighted by atomic mass is 35.5. The largest absolute Gasteiger partial charge is 0.345 e. The molecule has 5 nitrogen and oxygen atoms in total. The van der Waals surface area contributed by atoms with E-state index in [-0.39, 0.29) is 30.1 Å². The Morgan fingerprint density at radius 1 is 1.30 bits per heavy atom. The number of nitrogens with two attached hydrogens (primary N) is 1. The molecule has 3 N–H and O–H groups in total. The summed E-state index contributed by atoms with van der Waals surface area (Å²) in [6.07, 6.45) is 3.78. The normalized spacial score (nSPS) is 23.6. The SMILES string of the molecule is CN(C)C(=O)c1cccc(NC(=O)C2CCCCC2(C)N)c1.Cl. The zero-order chi connectivity index (χ0) is 16.3. The molecule has 2 rings (SSSR count). The van der Waals surface area contributed by atoms with E-state index in [1.165, 1.54) is 4.90 Å². The van der Waals surface area contributed by atoms with Crippen LogP contribution in [0.1, 0.15) is 43.0 Å². The van der Waals surface area contributed by atoms with Crippen LogP contribution in [0.25, 0.3) is 0 Å². The van der Waals surface area contributed by atoms with Gasteiger partial charge in [0.2, 0.25) is 5.91 Å². The summed E-state index contributed by atoms with van der Waals surface area (Å²) in [5.41, 5.74) is 7.01. The topological polar surface area (TPSA) is 75.4 Å². The van der Waals surface area contributed by atoms with Gasteiger partial charge in [-0.2, -0.15) is 0 Å². The van der Waals surface area contributed by atoms with E-state index in [0.717, 1.165) is 25.7 Å². The van der Waals surface area contributed by atoms with E-state index >= 15 is 0 Å². The first-order valence-electron chi connectivity index (χ1n) is 7.73. The summed E-state index contributed by atoms with van der Waals surface area (Å²) in [4.78, 5) is 26.0. The second-order valence-corrected chi connectivity index (χ2v) is 6.57. The lowest BCUT2D eigenvalue weighted by Gasteiger charge is -2.37. The average molecular weight is 340 g/mol. The predicted molar refractivity (Wildman–Crippen MR) is 94.9 cm³/mol. The molecule has 0 spiro atoms. The molecule has 1 aliphatic rings. The maximum Gasteiger partial charge on any atom is 0.253 e. The average Bonchev–Trinajstić information content (AvgIpc) is 2.46. The molecule has 0 aliphatic heterocycles. The Morgan fingerprint density at radius 3 is 2.61 bits per heavy atom. The second kappa shape index (κ2) is 7.79. The summed E-state index contributed by atoms with van der Waals surface area (Å²) < 4.78 is 0. The van der Waals surface area contributed by atoms with Crippen LogP contribution >= 0.6 is 12.4 Å². The molecule has 128 valence electrons. The standard InChI is InChI=1S/C17H25N3O2.ClH/c1-17(18)10-5-4-9-14(17)15(21)19-13-8-6-7-12(11-13)16(22)20(2)3;/h6-8,11,14H,4-5,9-10,18H2,1-3H3,(H,19,21);1H. The molecule has 0 saturated heterocycles. The van der Waals surface area contributed by atoms with Crippen molar-refractivity contribution in [3.8, 4) is 0 Å². The highest BCUT2D eigenvalue weighted by molar-refractivity contribution is 5.97. The number of benzene rings is 1. The first-order valence-corrected chi connectivity index (χ1v) is 7.73. The number of amides is 2. The van der Waals surface area contributed by atoms with Gasteiger partial charge in [0.05, 0.1) is 5.92 Å². The lowest BCUT2D eigenvalue weighted by molar-refractivity contribution is -0.122. The molecule has 0 aromatic heterocycles. The molecule has 1 saturated carbocycles. The minimum Gasteiger partial charge on any atom is -0.345 e. The highest BCUT2D eigenvalue weighted by Gasteiger charge is 2.37. The van der Waals surface area contributed by atoms with E-state index in [0.29, 0.717) is 11.3 Å². The Balaban J connectivity index is 0.00000264. The van der Waals surface area contributed by atoms with Crippen molar-refractivity contribution in [2.24, 2.45) is 11.7 Å². The van der Waals surface area contributed by atoms with E-state index in [1.54, 1.807) is 38.4 Å². The van der Waals surface area contributed by atoms with Crippen molar-refractivity contribution in [3.63, 3.8) is 0 Å². The van der Waals surface area contributed by atoms with Crippen LogP contribution in [0.15, 0.2) is 24.3 Å². The molecule has 0 heterocycles. The number of halogens is 1. The van der Waals surface area contributed by atoms with Gasteiger partial charge in [-0.25, -0.2) is 0 Å². The van der Waals surface area contributed by atoms with E-state index in [1.807, 2.05) is 6.92 Å². The van der Waals surface area contributed by atoms with Gasteiger partial charge in [0, 0.05) is 30.9 Å². The quantitative estimate of drug-likeness (QED) is 0.889. The van der Waals surface area contributed by atoms with Crippen LogP contribution in [0.5, 0.6) is 0 Å². The molecule has 2 amide bonds. The highest BCUT2D eigenvalue weighted by Crippen LogP contribution is 2.32. The smallest absolute Gasteiger partial charge is 0.253 e. The molecule has 1 aromatic rings. The van der Waals surface area contributed by atoms with Crippen molar-refractivity contribution in [2.45, 2.75) is 38.1 Å². The zero-order valence-electron chi connectivity index (χ0n) is 14.0. The molecular formula is C17H26ClN3O2. The Bertz CT molecular complexity index is 573. The summed E-state index contributed by atoms with van der Waals surface area (Å²) >= 11 is 0. The Morgan fingerprint density at radius 2 is 2.00 bits per heavy atom. The van der Waals surface area contributed by atoms with Gasteiger partial charge in [0.1, 0.15) is 0 Å². The van der Waals surface area contributed by atoms with Gasteiger partial charge >= 0.3 is 0 Å².